The van der Waals surface area contributed by atoms with Crippen LogP contribution < -0.4 is 15.4 Å². The number of benzene rings is 3. The second-order valence-corrected chi connectivity index (χ2v) is 7.26. The van der Waals surface area contributed by atoms with E-state index in [4.69, 9.17) is 20.3 Å². The molecule has 1 heterocycles. The van der Waals surface area contributed by atoms with Crippen molar-refractivity contribution in [3.05, 3.63) is 77.9 Å². The first-order valence-electron chi connectivity index (χ1n) is 10.1. The topological polar surface area (TPSA) is 85.0 Å². The second kappa shape index (κ2) is 10.5. The van der Waals surface area contributed by atoms with Crippen molar-refractivity contribution in [3.8, 4) is 16.9 Å². The Morgan fingerprint density at radius 1 is 1.03 bits per heavy atom. The molecule has 0 spiro atoms. The molecule has 1 aliphatic heterocycles. The maximum Gasteiger partial charge on any atom is 0.335 e. The number of nitrogens with two attached hydrogens (primary N) is 1. The summed E-state index contributed by atoms with van der Waals surface area (Å²) in [7, 11) is 1.61. The standard InChI is InChI=1S/C15H14O3.C10H14N2O/c1-10-6-7-12(15(16)17)9-14(10)11-4-3-5-13(8-11)18-2;11-9-1-3-10(4-2-9)12-5-7-13-8-6-12/h3-9H,1-2H3,(H,16,17);1-4H,5-8,11H2. The van der Waals surface area contributed by atoms with Crippen molar-refractivity contribution >= 4 is 17.3 Å². The predicted octanol–water partition coefficient (Wildman–Crippen LogP) is 4.47. The van der Waals surface area contributed by atoms with Gasteiger partial charge < -0.3 is 25.2 Å². The van der Waals surface area contributed by atoms with E-state index < -0.39 is 5.97 Å². The molecular formula is C25H28N2O4. The van der Waals surface area contributed by atoms with Gasteiger partial charge in [0, 0.05) is 24.5 Å². The summed E-state index contributed by atoms with van der Waals surface area (Å²) in [5.41, 5.74) is 10.9. The molecular weight excluding hydrogens is 392 g/mol. The molecule has 0 radical (unpaired) electrons. The van der Waals surface area contributed by atoms with Crippen molar-refractivity contribution in [1.29, 1.82) is 0 Å². The Kier molecular flexibility index (Phi) is 7.51. The predicted molar refractivity (Wildman–Crippen MR) is 124 cm³/mol. The van der Waals surface area contributed by atoms with Crippen LogP contribution in [0.5, 0.6) is 5.75 Å². The highest BCUT2D eigenvalue weighted by atomic mass is 16.5. The van der Waals surface area contributed by atoms with E-state index in [1.165, 1.54) is 5.69 Å². The number of carboxylic acid groups (broad SMARTS) is 1. The van der Waals surface area contributed by atoms with Crippen molar-refractivity contribution in [2.24, 2.45) is 0 Å². The molecule has 1 saturated heterocycles. The number of ether oxygens (including phenoxy) is 2. The minimum Gasteiger partial charge on any atom is -0.497 e. The van der Waals surface area contributed by atoms with Gasteiger partial charge >= 0.3 is 5.97 Å². The molecule has 1 fully saturated rings. The third-order valence-electron chi connectivity index (χ3n) is 5.13. The Hall–Kier alpha value is -3.51. The largest absolute Gasteiger partial charge is 0.497 e. The van der Waals surface area contributed by atoms with Crippen LogP contribution in [0.3, 0.4) is 0 Å². The minimum atomic E-state index is -0.917. The molecule has 3 aromatic carbocycles. The monoisotopic (exact) mass is 420 g/mol. The van der Waals surface area contributed by atoms with Gasteiger partial charge in [0.1, 0.15) is 5.75 Å². The number of hydrogen-bond donors (Lipinski definition) is 2. The van der Waals surface area contributed by atoms with Gasteiger partial charge in [0.15, 0.2) is 0 Å². The first-order chi connectivity index (χ1) is 15.0. The lowest BCUT2D eigenvalue weighted by Crippen LogP contribution is -2.36. The van der Waals surface area contributed by atoms with E-state index in [0.29, 0.717) is 5.56 Å². The molecule has 3 aromatic rings. The number of methoxy groups -OCH3 is 1. The molecule has 162 valence electrons. The van der Waals surface area contributed by atoms with E-state index in [1.807, 2.05) is 49.4 Å². The molecule has 0 bridgehead atoms. The van der Waals surface area contributed by atoms with Crippen molar-refractivity contribution < 1.29 is 19.4 Å². The highest BCUT2D eigenvalue weighted by Gasteiger charge is 2.10. The van der Waals surface area contributed by atoms with E-state index >= 15 is 0 Å². The van der Waals surface area contributed by atoms with Crippen LogP contribution in [0.1, 0.15) is 15.9 Å². The van der Waals surface area contributed by atoms with Gasteiger partial charge in [-0.25, -0.2) is 4.79 Å². The lowest BCUT2D eigenvalue weighted by Gasteiger charge is -2.28. The Morgan fingerprint density at radius 3 is 2.39 bits per heavy atom. The van der Waals surface area contributed by atoms with E-state index in [9.17, 15) is 4.79 Å². The van der Waals surface area contributed by atoms with E-state index in [-0.39, 0.29) is 0 Å². The number of rotatable bonds is 4. The quantitative estimate of drug-likeness (QED) is 0.606. The number of aryl methyl sites for hydroxylation is 1. The highest BCUT2D eigenvalue weighted by molar-refractivity contribution is 5.90. The average Bonchev–Trinajstić information content (AvgIpc) is 2.81. The summed E-state index contributed by atoms with van der Waals surface area (Å²) < 4.78 is 10.5. The smallest absolute Gasteiger partial charge is 0.335 e. The first-order valence-corrected chi connectivity index (χ1v) is 10.1. The van der Waals surface area contributed by atoms with Crippen LogP contribution in [-0.2, 0) is 4.74 Å². The number of nitrogen functional groups attached to an aromatic ring is 1. The third kappa shape index (κ3) is 5.99. The van der Waals surface area contributed by atoms with Gasteiger partial charge in [0.05, 0.1) is 25.9 Å². The maximum absolute atomic E-state index is 11.0. The third-order valence-corrected chi connectivity index (χ3v) is 5.13. The second-order valence-electron chi connectivity index (χ2n) is 7.26. The van der Waals surface area contributed by atoms with E-state index in [1.54, 1.807) is 19.2 Å². The molecule has 3 N–H and O–H groups in total. The molecule has 1 aliphatic rings. The zero-order chi connectivity index (χ0) is 22.2. The van der Waals surface area contributed by atoms with E-state index in [0.717, 1.165) is 54.4 Å². The van der Waals surface area contributed by atoms with E-state index in [2.05, 4.69) is 17.0 Å². The minimum absolute atomic E-state index is 0.290. The van der Waals surface area contributed by atoms with Gasteiger partial charge in [-0.3, -0.25) is 0 Å². The zero-order valence-electron chi connectivity index (χ0n) is 17.9. The Balaban J connectivity index is 0.000000185. The molecule has 0 aliphatic carbocycles. The lowest BCUT2D eigenvalue weighted by molar-refractivity contribution is 0.0697. The van der Waals surface area contributed by atoms with Crippen molar-refractivity contribution in [2.45, 2.75) is 6.92 Å². The fourth-order valence-electron chi connectivity index (χ4n) is 3.36. The van der Waals surface area contributed by atoms with Crippen molar-refractivity contribution in [2.75, 3.05) is 44.0 Å². The maximum atomic E-state index is 11.0. The number of anilines is 2. The summed E-state index contributed by atoms with van der Waals surface area (Å²) in [5, 5.41) is 9.02. The summed E-state index contributed by atoms with van der Waals surface area (Å²) in [6.45, 7) is 5.56. The number of aromatic carboxylic acids is 1. The zero-order valence-corrected chi connectivity index (χ0v) is 17.9. The summed E-state index contributed by atoms with van der Waals surface area (Å²) in [6.07, 6.45) is 0. The SMILES string of the molecule is COc1cccc(-c2cc(C(=O)O)ccc2C)c1.Nc1ccc(N2CCOCC2)cc1. The van der Waals surface area contributed by atoms with Crippen LogP contribution in [0.15, 0.2) is 66.7 Å². The van der Waals surface area contributed by atoms with Gasteiger partial charge in [0.2, 0.25) is 0 Å². The highest BCUT2D eigenvalue weighted by Crippen LogP contribution is 2.27. The van der Waals surface area contributed by atoms with Gasteiger partial charge in [-0.15, -0.1) is 0 Å². The Labute approximate surface area is 182 Å². The van der Waals surface area contributed by atoms with Crippen LogP contribution in [0, 0.1) is 6.92 Å². The van der Waals surface area contributed by atoms with Crippen molar-refractivity contribution in [3.63, 3.8) is 0 Å². The van der Waals surface area contributed by atoms with Gasteiger partial charge in [-0.2, -0.15) is 0 Å². The fraction of sp³-hybridized carbons (Fsp3) is 0.240. The molecule has 0 unspecified atom stereocenters. The number of carbonyl (C=O) groups is 1. The number of carboxylic acids is 1. The average molecular weight is 421 g/mol. The summed E-state index contributed by atoms with van der Waals surface area (Å²) in [4.78, 5) is 13.3. The van der Waals surface area contributed by atoms with Gasteiger partial charge in [-0.1, -0.05) is 18.2 Å². The molecule has 0 saturated carbocycles. The van der Waals surface area contributed by atoms with Crippen LogP contribution >= 0.6 is 0 Å². The first kappa shape index (κ1) is 22.2. The summed E-state index contributed by atoms with van der Waals surface area (Å²) >= 11 is 0. The van der Waals surface area contributed by atoms with Crippen LogP contribution in [0.2, 0.25) is 0 Å². The number of morpholine rings is 1. The number of hydrogen-bond acceptors (Lipinski definition) is 5. The molecule has 0 atom stereocenters. The molecule has 6 nitrogen and oxygen atoms in total. The Bertz CT molecular complexity index is 1010. The van der Waals surface area contributed by atoms with Crippen LogP contribution in [0.4, 0.5) is 11.4 Å². The Morgan fingerprint density at radius 2 is 1.74 bits per heavy atom. The van der Waals surface area contributed by atoms with Crippen LogP contribution in [0.25, 0.3) is 11.1 Å². The molecule has 4 rings (SSSR count). The summed E-state index contributed by atoms with van der Waals surface area (Å²) in [5.74, 6) is -0.160. The molecule has 6 heteroatoms. The van der Waals surface area contributed by atoms with Crippen LogP contribution in [-0.4, -0.2) is 44.5 Å². The van der Waals surface area contributed by atoms with Gasteiger partial charge in [-0.05, 0) is 72.1 Å². The van der Waals surface area contributed by atoms with Crippen molar-refractivity contribution in [1.82, 2.24) is 0 Å². The fourth-order valence-corrected chi connectivity index (χ4v) is 3.36. The lowest BCUT2D eigenvalue weighted by atomic mass is 9.98. The summed E-state index contributed by atoms with van der Waals surface area (Å²) in [6, 6.07) is 20.7. The molecule has 31 heavy (non-hydrogen) atoms. The van der Waals surface area contributed by atoms with Gasteiger partial charge in [0.25, 0.3) is 0 Å². The molecule has 0 amide bonds. The number of nitrogens with zero attached hydrogens (tertiary/aromatic N) is 1. The normalized spacial score (nSPS) is 13.2. The molecule has 0 aromatic heterocycles.